The van der Waals surface area contributed by atoms with Gasteiger partial charge in [-0.25, -0.2) is 0 Å². The van der Waals surface area contributed by atoms with Crippen molar-refractivity contribution in [3.05, 3.63) is 65.5 Å². The fourth-order valence-electron chi connectivity index (χ4n) is 3.07. The van der Waals surface area contributed by atoms with Crippen LogP contribution in [0.2, 0.25) is 0 Å². The van der Waals surface area contributed by atoms with Crippen molar-refractivity contribution in [3.8, 4) is 0 Å². The van der Waals surface area contributed by atoms with Crippen molar-refractivity contribution in [1.29, 1.82) is 0 Å². The van der Waals surface area contributed by atoms with Crippen LogP contribution in [0.3, 0.4) is 0 Å². The van der Waals surface area contributed by atoms with Crippen molar-refractivity contribution in [2.24, 2.45) is 5.73 Å². The molecule has 1 aliphatic rings. The van der Waals surface area contributed by atoms with E-state index in [1.807, 2.05) is 23.1 Å². The predicted molar refractivity (Wildman–Crippen MR) is 95.2 cm³/mol. The molecule has 1 aromatic heterocycles. The Labute approximate surface area is 147 Å². The average Bonchev–Trinajstić information content (AvgIpc) is 2.64. The quantitative estimate of drug-likeness (QED) is 0.908. The second kappa shape index (κ2) is 7.44. The maximum absolute atomic E-state index is 12.7. The van der Waals surface area contributed by atoms with Crippen molar-refractivity contribution >= 4 is 11.8 Å². The van der Waals surface area contributed by atoms with E-state index < -0.39 is 5.91 Å². The summed E-state index contributed by atoms with van der Waals surface area (Å²) in [6.07, 6.45) is 2.25. The van der Waals surface area contributed by atoms with E-state index in [-0.39, 0.29) is 11.9 Å². The zero-order valence-corrected chi connectivity index (χ0v) is 14.3. The van der Waals surface area contributed by atoms with Crippen molar-refractivity contribution in [3.63, 3.8) is 0 Å². The van der Waals surface area contributed by atoms with Crippen molar-refractivity contribution in [1.82, 2.24) is 14.8 Å². The Kier molecular flexibility index (Phi) is 5.09. The fourth-order valence-corrected chi connectivity index (χ4v) is 3.07. The molecule has 2 N–H and O–H groups in total. The van der Waals surface area contributed by atoms with Gasteiger partial charge in [-0.2, -0.15) is 0 Å². The summed E-state index contributed by atoms with van der Waals surface area (Å²) in [6, 6.07) is 13.7. The number of rotatable bonds is 4. The zero-order valence-electron chi connectivity index (χ0n) is 14.3. The molecule has 1 fully saturated rings. The average molecular weight is 338 g/mol. The first kappa shape index (κ1) is 17.1. The third kappa shape index (κ3) is 4.03. The number of carbonyl (C=O) groups is 2. The molecular formula is C19H22N4O2. The third-order valence-electron chi connectivity index (χ3n) is 4.65. The molecule has 1 aliphatic heterocycles. The van der Waals surface area contributed by atoms with Crippen molar-refractivity contribution in [2.45, 2.75) is 12.5 Å². The van der Waals surface area contributed by atoms with Crippen LogP contribution in [0, 0.1) is 0 Å². The number of hydrogen-bond donors (Lipinski definition) is 1. The molecule has 1 unspecified atom stereocenters. The van der Waals surface area contributed by atoms with E-state index in [4.69, 9.17) is 5.73 Å². The molecule has 6 heteroatoms. The highest BCUT2D eigenvalue weighted by Gasteiger charge is 2.28. The standard InChI is InChI=1S/C19H22N4O2/c1-22-9-10-23(13-16(22)11-14-5-3-2-4-6-14)19(25)17-8-7-15(12-21-17)18(20)24/h2-8,12,16H,9-11,13H2,1H3,(H2,20,24). The van der Waals surface area contributed by atoms with E-state index in [0.29, 0.717) is 24.3 Å². The second-order valence-electron chi connectivity index (χ2n) is 6.37. The van der Waals surface area contributed by atoms with Crippen LogP contribution in [0.5, 0.6) is 0 Å². The number of amides is 2. The van der Waals surface area contributed by atoms with Crippen molar-refractivity contribution < 1.29 is 9.59 Å². The number of nitrogens with two attached hydrogens (primary N) is 1. The summed E-state index contributed by atoms with van der Waals surface area (Å²) in [5.74, 6) is -0.656. The normalized spacial score (nSPS) is 18.1. The number of hydrogen-bond acceptors (Lipinski definition) is 4. The molecule has 2 aromatic rings. The van der Waals surface area contributed by atoms with Gasteiger partial charge in [-0.05, 0) is 31.2 Å². The number of nitrogens with zero attached hydrogens (tertiary/aromatic N) is 3. The summed E-state index contributed by atoms with van der Waals surface area (Å²) < 4.78 is 0. The highest BCUT2D eigenvalue weighted by molar-refractivity contribution is 5.95. The molecule has 3 rings (SSSR count). The Morgan fingerprint density at radius 3 is 2.56 bits per heavy atom. The molecule has 6 nitrogen and oxygen atoms in total. The molecule has 0 saturated carbocycles. The topological polar surface area (TPSA) is 79.5 Å². The molecule has 1 saturated heterocycles. The molecule has 130 valence electrons. The van der Waals surface area contributed by atoms with Gasteiger partial charge in [-0.1, -0.05) is 30.3 Å². The Bertz CT molecular complexity index is 746. The fraction of sp³-hybridized carbons (Fsp3) is 0.316. The predicted octanol–water partition coefficient (Wildman–Crippen LogP) is 1.18. The molecular weight excluding hydrogens is 316 g/mol. The van der Waals surface area contributed by atoms with Gasteiger partial charge in [0.15, 0.2) is 0 Å². The number of pyridine rings is 1. The largest absolute Gasteiger partial charge is 0.366 e. The lowest BCUT2D eigenvalue weighted by atomic mass is 10.0. The van der Waals surface area contributed by atoms with E-state index >= 15 is 0 Å². The van der Waals surface area contributed by atoms with Gasteiger partial charge in [0.1, 0.15) is 5.69 Å². The first-order valence-corrected chi connectivity index (χ1v) is 8.34. The van der Waals surface area contributed by atoms with Crippen LogP contribution in [-0.4, -0.2) is 59.3 Å². The molecule has 1 atom stereocenters. The van der Waals surface area contributed by atoms with Crippen LogP contribution >= 0.6 is 0 Å². The summed E-state index contributed by atoms with van der Waals surface area (Å²) in [6.45, 7) is 2.14. The molecule has 0 spiro atoms. The summed E-state index contributed by atoms with van der Waals surface area (Å²) in [4.78, 5) is 32.1. The summed E-state index contributed by atoms with van der Waals surface area (Å²) >= 11 is 0. The smallest absolute Gasteiger partial charge is 0.272 e. The van der Waals surface area contributed by atoms with Crippen LogP contribution in [0.15, 0.2) is 48.7 Å². The Hall–Kier alpha value is -2.73. The van der Waals surface area contributed by atoms with E-state index in [1.54, 1.807) is 12.1 Å². The minimum absolute atomic E-state index is 0.109. The van der Waals surface area contributed by atoms with Gasteiger partial charge in [-0.15, -0.1) is 0 Å². The van der Waals surface area contributed by atoms with Gasteiger partial charge in [0, 0.05) is 31.9 Å². The van der Waals surface area contributed by atoms with E-state index in [0.717, 1.165) is 13.0 Å². The molecule has 0 bridgehead atoms. The van der Waals surface area contributed by atoms with E-state index in [9.17, 15) is 9.59 Å². The van der Waals surface area contributed by atoms with Gasteiger partial charge < -0.3 is 10.6 Å². The van der Waals surface area contributed by atoms with Crippen molar-refractivity contribution in [2.75, 3.05) is 26.7 Å². The number of carbonyl (C=O) groups excluding carboxylic acids is 2. The van der Waals surface area contributed by atoms with Crippen LogP contribution in [0.4, 0.5) is 0 Å². The van der Waals surface area contributed by atoms with Gasteiger partial charge in [0.25, 0.3) is 5.91 Å². The monoisotopic (exact) mass is 338 g/mol. The number of benzene rings is 1. The molecule has 2 amide bonds. The van der Waals surface area contributed by atoms with Crippen LogP contribution in [0.25, 0.3) is 0 Å². The summed E-state index contributed by atoms with van der Waals surface area (Å²) in [5, 5.41) is 0. The lowest BCUT2D eigenvalue weighted by Gasteiger charge is -2.39. The highest BCUT2D eigenvalue weighted by atomic mass is 16.2. The van der Waals surface area contributed by atoms with Crippen LogP contribution in [0.1, 0.15) is 26.4 Å². The Morgan fingerprint density at radius 2 is 1.92 bits per heavy atom. The second-order valence-corrected chi connectivity index (χ2v) is 6.37. The lowest BCUT2D eigenvalue weighted by molar-refractivity contribution is 0.0542. The van der Waals surface area contributed by atoms with Gasteiger partial charge in [0.2, 0.25) is 5.91 Å². The first-order valence-electron chi connectivity index (χ1n) is 8.34. The first-order chi connectivity index (χ1) is 12.0. The van der Waals surface area contributed by atoms with Gasteiger partial charge in [0.05, 0.1) is 5.56 Å². The Morgan fingerprint density at radius 1 is 1.16 bits per heavy atom. The van der Waals surface area contributed by atoms with Gasteiger partial charge >= 0.3 is 0 Å². The molecule has 25 heavy (non-hydrogen) atoms. The molecule has 0 radical (unpaired) electrons. The minimum Gasteiger partial charge on any atom is -0.366 e. The number of primary amides is 1. The maximum Gasteiger partial charge on any atom is 0.272 e. The summed E-state index contributed by atoms with van der Waals surface area (Å²) in [7, 11) is 2.09. The highest BCUT2D eigenvalue weighted by Crippen LogP contribution is 2.15. The SMILES string of the molecule is CN1CCN(C(=O)c2ccc(C(N)=O)cn2)CC1Cc1ccccc1. The molecule has 0 aliphatic carbocycles. The number of aromatic nitrogens is 1. The van der Waals surface area contributed by atoms with E-state index in [2.05, 4.69) is 29.1 Å². The third-order valence-corrected chi connectivity index (χ3v) is 4.65. The van der Waals surface area contributed by atoms with Crippen LogP contribution < -0.4 is 5.73 Å². The van der Waals surface area contributed by atoms with Crippen LogP contribution in [-0.2, 0) is 6.42 Å². The maximum atomic E-state index is 12.7. The molecule has 2 heterocycles. The summed E-state index contributed by atoms with van der Waals surface area (Å²) in [5.41, 5.74) is 7.11. The minimum atomic E-state index is -0.547. The van der Waals surface area contributed by atoms with E-state index in [1.165, 1.54) is 11.8 Å². The molecule has 1 aromatic carbocycles. The zero-order chi connectivity index (χ0) is 17.8. The lowest BCUT2D eigenvalue weighted by Crippen LogP contribution is -2.54. The Balaban J connectivity index is 1.69. The number of likely N-dealkylation sites (N-methyl/N-ethyl adjacent to an activating group) is 1. The van der Waals surface area contributed by atoms with Gasteiger partial charge in [-0.3, -0.25) is 19.5 Å². The number of piperazine rings is 1.